The first-order chi connectivity index (χ1) is 10.2. The van der Waals surface area contributed by atoms with Gasteiger partial charge in [0.15, 0.2) is 0 Å². The summed E-state index contributed by atoms with van der Waals surface area (Å²) in [5.41, 5.74) is 3.96. The second-order valence-electron chi connectivity index (χ2n) is 4.95. The lowest BCUT2D eigenvalue weighted by Crippen LogP contribution is -2.05. The van der Waals surface area contributed by atoms with E-state index in [1.54, 1.807) is 12.3 Å². The van der Waals surface area contributed by atoms with Gasteiger partial charge in [-0.3, -0.25) is 0 Å². The summed E-state index contributed by atoms with van der Waals surface area (Å²) in [4.78, 5) is 0. The van der Waals surface area contributed by atoms with Gasteiger partial charge in [0.2, 0.25) is 0 Å². The van der Waals surface area contributed by atoms with Crippen LogP contribution >= 0.6 is 0 Å². The molecule has 4 heteroatoms. The molecule has 3 aromatic rings. The molecule has 0 aliphatic heterocycles. The van der Waals surface area contributed by atoms with Gasteiger partial charge in [-0.15, -0.1) is 0 Å². The van der Waals surface area contributed by atoms with Crippen LogP contribution in [0.3, 0.4) is 0 Å². The highest BCUT2D eigenvalue weighted by Gasteiger charge is 2.06. The molecule has 0 bridgehead atoms. The molecule has 1 aromatic heterocycles. The average Bonchev–Trinajstić information content (AvgIpc) is 3.03. The first-order valence-corrected chi connectivity index (χ1v) is 6.85. The highest BCUT2D eigenvalue weighted by molar-refractivity contribution is 5.61. The van der Waals surface area contributed by atoms with Crippen molar-refractivity contribution in [2.45, 2.75) is 13.5 Å². The number of hydrogen-bond donors (Lipinski definition) is 2. The van der Waals surface area contributed by atoms with Crippen molar-refractivity contribution in [3.05, 3.63) is 72.1 Å². The standard InChI is InChI=1S/C17H17N3O/c1-13-7-8-17(21)14(11-13)12-18-15-5-2-3-6-16(15)20-10-4-9-19-20/h2-11,18,21H,12H2,1H3. The van der Waals surface area contributed by atoms with E-state index in [1.807, 2.05) is 60.3 Å². The van der Waals surface area contributed by atoms with Gasteiger partial charge in [-0.25, -0.2) is 4.68 Å². The molecule has 0 spiro atoms. The number of aromatic nitrogens is 2. The number of aryl methyl sites for hydroxylation is 1. The van der Waals surface area contributed by atoms with Crippen molar-refractivity contribution in [2.75, 3.05) is 5.32 Å². The number of phenolic OH excluding ortho intramolecular Hbond substituents is 1. The molecule has 4 nitrogen and oxygen atoms in total. The van der Waals surface area contributed by atoms with E-state index in [2.05, 4.69) is 10.4 Å². The van der Waals surface area contributed by atoms with Gasteiger partial charge in [-0.1, -0.05) is 29.8 Å². The summed E-state index contributed by atoms with van der Waals surface area (Å²) in [5, 5.41) is 17.5. The van der Waals surface area contributed by atoms with Crippen LogP contribution in [-0.4, -0.2) is 14.9 Å². The third-order valence-corrected chi connectivity index (χ3v) is 3.36. The maximum atomic E-state index is 9.91. The Kier molecular flexibility index (Phi) is 3.60. The molecule has 0 radical (unpaired) electrons. The molecule has 1 heterocycles. The fraction of sp³-hybridized carbons (Fsp3) is 0.118. The summed E-state index contributed by atoms with van der Waals surface area (Å²) in [6.45, 7) is 2.58. The second kappa shape index (κ2) is 5.71. The van der Waals surface area contributed by atoms with Crippen molar-refractivity contribution in [3.63, 3.8) is 0 Å². The van der Waals surface area contributed by atoms with Crippen LogP contribution in [0.1, 0.15) is 11.1 Å². The highest BCUT2D eigenvalue weighted by atomic mass is 16.3. The molecule has 0 atom stereocenters. The van der Waals surface area contributed by atoms with E-state index >= 15 is 0 Å². The molecule has 0 aliphatic rings. The minimum absolute atomic E-state index is 0.310. The van der Waals surface area contributed by atoms with Crippen molar-refractivity contribution in [2.24, 2.45) is 0 Å². The topological polar surface area (TPSA) is 50.1 Å². The van der Waals surface area contributed by atoms with Crippen LogP contribution in [0.2, 0.25) is 0 Å². The molecule has 0 amide bonds. The highest BCUT2D eigenvalue weighted by Crippen LogP contribution is 2.23. The van der Waals surface area contributed by atoms with Crippen LogP contribution in [0.5, 0.6) is 5.75 Å². The number of nitrogens with zero attached hydrogens (tertiary/aromatic N) is 2. The fourth-order valence-electron chi connectivity index (χ4n) is 2.28. The Labute approximate surface area is 123 Å². The van der Waals surface area contributed by atoms with Gasteiger partial charge < -0.3 is 10.4 Å². The van der Waals surface area contributed by atoms with Gasteiger partial charge in [0, 0.05) is 24.5 Å². The number of aromatic hydroxyl groups is 1. The van der Waals surface area contributed by atoms with Crippen LogP contribution in [0, 0.1) is 6.92 Å². The van der Waals surface area contributed by atoms with Gasteiger partial charge in [0.1, 0.15) is 5.75 Å². The van der Waals surface area contributed by atoms with Gasteiger partial charge in [-0.05, 0) is 31.2 Å². The Hall–Kier alpha value is -2.75. The molecule has 0 saturated heterocycles. The number of rotatable bonds is 4. The van der Waals surface area contributed by atoms with Crippen LogP contribution in [0.15, 0.2) is 60.9 Å². The minimum atomic E-state index is 0.310. The third-order valence-electron chi connectivity index (χ3n) is 3.36. The lowest BCUT2D eigenvalue weighted by Gasteiger charge is -2.13. The summed E-state index contributed by atoms with van der Waals surface area (Å²) >= 11 is 0. The molecular formula is C17H17N3O. The number of para-hydroxylation sites is 2. The van der Waals surface area contributed by atoms with Crippen molar-refractivity contribution < 1.29 is 5.11 Å². The average molecular weight is 279 g/mol. The van der Waals surface area contributed by atoms with Gasteiger partial charge in [0.05, 0.1) is 11.4 Å². The van der Waals surface area contributed by atoms with Crippen LogP contribution in [0.25, 0.3) is 5.69 Å². The zero-order valence-corrected chi connectivity index (χ0v) is 11.8. The number of phenols is 1. The molecule has 0 saturated carbocycles. The lowest BCUT2D eigenvalue weighted by atomic mass is 10.1. The smallest absolute Gasteiger partial charge is 0.120 e. The summed E-state index contributed by atoms with van der Waals surface area (Å²) in [7, 11) is 0. The zero-order chi connectivity index (χ0) is 14.7. The maximum absolute atomic E-state index is 9.91. The molecule has 0 fully saturated rings. The molecule has 2 N–H and O–H groups in total. The lowest BCUT2D eigenvalue weighted by molar-refractivity contribution is 0.469. The summed E-state index contributed by atoms with van der Waals surface area (Å²) < 4.78 is 1.82. The zero-order valence-electron chi connectivity index (χ0n) is 11.8. The predicted molar refractivity (Wildman–Crippen MR) is 83.7 cm³/mol. The van der Waals surface area contributed by atoms with Gasteiger partial charge >= 0.3 is 0 Å². The third kappa shape index (κ3) is 2.89. The Morgan fingerprint density at radius 3 is 2.81 bits per heavy atom. The first-order valence-electron chi connectivity index (χ1n) is 6.85. The van der Waals surface area contributed by atoms with Crippen LogP contribution in [-0.2, 0) is 6.54 Å². The van der Waals surface area contributed by atoms with Crippen LogP contribution < -0.4 is 5.32 Å². The first kappa shape index (κ1) is 13.2. The number of anilines is 1. The summed E-state index contributed by atoms with van der Waals surface area (Å²) in [6, 6.07) is 15.5. The van der Waals surface area contributed by atoms with E-state index in [-0.39, 0.29) is 0 Å². The summed E-state index contributed by atoms with van der Waals surface area (Å²) in [6.07, 6.45) is 3.66. The Balaban J connectivity index is 1.84. The SMILES string of the molecule is Cc1ccc(O)c(CNc2ccccc2-n2cccn2)c1. The molecule has 0 unspecified atom stereocenters. The number of hydrogen-bond acceptors (Lipinski definition) is 3. The molecule has 0 aliphatic carbocycles. The second-order valence-corrected chi connectivity index (χ2v) is 4.95. The minimum Gasteiger partial charge on any atom is -0.508 e. The van der Waals surface area contributed by atoms with E-state index < -0.39 is 0 Å². The van der Waals surface area contributed by atoms with E-state index in [0.717, 1.165) is 22.5 Å². The number of benzene rings is 2. The van der Waals surface area contributed by atoms with Gasteiger partial charge in [0.25, 0.3) is 0 Å². The normalized spacial score (nSPS) is 10.5. The Bertz CT molecular complexity index is 736. The van der Waals surface area contributed by atoms with Crippen molar-refractivity contribution in [1.29, 1.82) is 0 Å². The molecule has 106 valence electrons. The van der Waals surface area contributed by atoms with Crippen molar-refractivity contribution in [3.8, 4) is 11.4 Å². The Morgan fingerprint density at radius 2 is 2.00 bits per heavy atom. The molecule has 3 rings (SSSR count). The Morgan fingerprint density at radius 1 is 1.14 bits per heavy atom. The van der Waals surface area contributed by atoms with Crippen molar-refractivity contribution >= 4 is 5.69 Å². The van der Waals surface area contributed by atoms with Gasteiger partial charge in [-0.2, -0.15) is 5.10 Å². The van der Waals surface area contributed by atoms with Crippen molar-refractivity contribution in [1.82, 2.24) is 9.78 Å². The molecule has 21 heavy (non-hydrogen) atoms. The quantitative estimate of drug-likeness (QED) is 0.768. The molecular weight excluding hydrogens is 262 g/mol. The van der Waals surface area contributed by atoms with E-state index in [9.17, 15) is 5.11 Å². The predicted octanol–water partition coefficient (Wildman–Crippen LogP) is 3.50. The van der Waals surface area contributed by atoms with E-state index in [0.29, 0.717) is 12.3 Å². The maximum Gasteiger partial charge on any atom is 0.120 e. The fourth-order valence-corrected chi connectivity index (χ4v) is 2.28. The summed E-state index contributed by atoms with van der Waals surface area (Å²) in [5.74, 6) is 0.310. The van der Waals surface area contributed by atoms with E-state index in [1.165, 1.54) is 0 Å². The number of nitrogens with one attached hydrogen (secondary N) is 1. The monoisotopic (exact) mass is 279 g/mol. The molecule has 2 aromatic carbocycles. The largest absolute Gasteiger partial charge is 0.508 e. The van der Waals surface area contributed by atoms with Crippen LogP contribution in [0.4, 0.5) is 5.69 Å². The van der Waals surface area contributed by atoms with E-state index in [4.69, 9.17) is 0 Å².